The molecule has 0 aliphatic carbocycles. The summed E-state index contributed by atoms with van der Waals surface area (Å²) < 4.78 is 0.772. The lowest BCUT2D eigenvalue weighted by atomic mass is 10.0. The average molecular weight is 311 g/mol. The number of hydrogen-bond donors (Lipinski definition) is 2. The van der Waals surface area contributed by atoms with Crippen LogP contribution in [0.4, 0.5) is 0 Å². The topological polar surface area (TPSA) is 64.7 Å². The lowest BCUT2D eigenvalue weighted by molar-refractivity contribution is -0.273. The number of hydrogen-bond acceptors (Lipinski definition) is 4. The predicted molar refractivity (Wildman–Crippen MR) is 65.3 cm³/mol. The van der Waals surface area contributed by atoms with Crippen LogP contribution in [0, 0.1) is 0 Å². The molecule has 1 atom stereocenters. The number of phenolic OH excluding ortho intramolecular Hbond substituents is 1. The molecule has 0 heterocycles. The molecule has 4 nitrogen and oxygen atoms in total. The standard InChI is InChI=1S/C10H13BrClNO3/c1-15-16-3-2-9(13)7-4-6(11)5-8(12)10(7)14/h4-5,9,14H,2-3,13H2,1H3. The third kappa shape index (κ3) is 3.61. The van der Waals surface area contributed by atoms with Gasteiger partial charge in [-0.2, -0.15) is 0 Å². The van der Waals surface area contributed by atoms with Gasteiger partial charge in [-0.15, -0.1) is 0 Å². The van der Waals surface area contributed by atoms with E-state index in [-0.39, 0.29) is 16.8 Å². The second-order valence-corrected chi connectivity index (χ2v) is 4.53. The van der Waals surface area contributed by atoms with Crippen LogP contribution in [-0.2, 0) is 9.78 Å². The monoisotopic (exact) mass is 309 g/mol. The summed E-state index contributed by atoms with van der Waals surface area (Å²) in [7, 11) is 1.43. The van der Waals surface area contributed by atoms with E-state index in [0.29, 0.717) is 18.6 Å². The number of halogens is 2. The first kappa shape index (κ1) is 13.7. The SMILES string of the molecule is COOCCC(N)c1cc(Br)cc(Cl)c1O. The fourth-order valence-corrected chi connectivity index (χ4v) is 2.12. The third-order valence-corrected chi connectivity index (χ3v) is 2.83. The van der Waals surface area contributed by atoms with Gasteiger partial charge in [0.25, 0.3) is 0 Å². The largest absolute Gasteiger partial charge is 0.506 e. The van der Waals surface area contributed by atoms with Crippen LogP contribution in [0.1, 0.15) is 18.0 Å². The molecule has 16 heavy (non-hydrogen) atoms. The highest BCUT2D eigenvalue weighted by molar-refractivity contribution is 9.10. The number of nitrogens with two attached hydrogens (primary N) is 1. The van der Waals surface area contributed by atoms with Crippen molar-refractivity contribution in [2.24, 2.45) is 5.73 Å². The highest BCUT2D eigenvalue weighted by Gasteiger charge is 2.14. The molecule has 0 amide bonds. The van der Waals surface area contributed by atoms with Gasteiger partial charge in [-0.3, -0.25) is 0 Å². The number of phenols is 1. The van der Waals surface area contributed by atoms with Crippen LogP contribution < -0.4 is 5.73 Å². The Hall–Kier alpha value is -0.330. The maximum Gasteiger partial charge on any atom is 0.139 e. The van der Waals surface area contributed by atoms with E-state index in [0.717, 1.165) is 4.47 Å². The maximum atomic E-state index is 9.74. The Morgan fingerprint density at radius 1 is 1.56 bits per heavy atom. The van der Waals surface area contributed by atoms with Crippen molar-refractivity contribution < 1.29 is 14.9 Å². The van der Waals surface area contributed by atoms with E-state index in [1.54, 1.807) is 12.1 Å². The van der Waals surface area contributed by atoms with Gasteiger partial charge in [0.05, 0.1) is 18.7 Å². The summed E-state index contributed by atoms with van der Waals surface area (Å²) in [6.07, 6.45) is 0.522. The molecule has 1 aromatic carbocycles. The molecule has 0 radical (unpaired) electrons. The fourth-order valence-electron chi connectivity index (χ4n) is 1.28. The van der Waals surface area contributed by atoms with Crippen LogP contribution in [0.25, 0.3) is 0 Å². The van der Waals surface area contributed by atoms with Gasteiger partial charge in [0.1, 0.15) is 5.75 Å². The van der Waals surface area contributed by atoms with Crippen molar-refractivity contribution in [3.63, 3.8) is 0 Å². The number of aromatic hydroxyl groups is 1. The first-order chi connectivity index (χ1) is 7.56. The second-order valence-electron chi connectivity index (χ2n) is 3.21. The zero-order valence-electron chi connectivity index (χ0n) is 8.74. The second kappa shape index (κ2) is 6.42. The van der Waals surface area contributed by atoms with Crippen molar-refractivity contribution >= 4 is 27.5 Å². The molecule has 0 saturated heterocycles. The zero-order chi connectivity index (χ0) is 12.1. The molecule has 3 N–H and O–H groups in total. The summed E-state index contributed by atoms with van der Waals surface area (Å²) in [5.41, 5.74) is 6.48. The van der Waals surface area contributed by atoms with Crippen LogP contribution in [-0.4, -0.2) is 18.8 Å². The summed E-state index contributed by atoms with van der Waals surface area (Å²) in [6, 6.07) is 2.99. The minimum atomic E-state index is -0.356. The Morgan fingerprint density at radius 2 is 2.25 bits per heavy atom. The van der Waals surface area contributed by atoms with Crippen molar-refractivity contribution in [1.82, 2.24) is 0 Å². The van der Waals surface area contributed by atoms with Crippen LogP contribution in [0.15, 0.2) is 16.6 Å². The summed E-state index contributed by atoms with van der Waals surface area (Å²) in [5, 5.41) is 10.0. The van der Waals surface area contributed by atoms with Gasteiger partial charge in [-0.1, -0.05) is 27.5 Å². The van der Waals surface area contributed by atoms with Crippen LogP contribution in [0.3, 0.4) is 0 Å². The van der Waals surface area contributed by atoms with Crippen LogP contribution >= 0.6 is 27.5 Å². The minimum absolute atomic E-state index is 0.00906. The maximum absolute atomic E-state index is 9.74. The van der Waals surface area contributed by atoms with Gasteiger partial charge in [0, 0.05) is 16.1 Å². The van der Waals surface area contributed by atoms with Crippen LogP contribution in [0.5, 0.6) is 5.75 Å². The molecule has 0 spiro atoms. The third-order valence-electron chi connectivity index (χ3n) is 2.09. The van der Waals surface area contributed by atoms with Gasteiger partial charge < -0.3 is 10.8 Å². The first-order valence-corrected chi connectivity index (χ1v) is 5.82. The highest BCUT2D eigenvalue weighted by Crippen LogP contribution is 2.35. The molecule has 1 unspecified atom stereocenters. The minimum Gasteiger partial charge on any atom is -0.506 e. The molecule has 0 aliphatic rings. The Kier molecular flexibility index (Phi) is 5.51. The summed E-state index contributed by atoms with van der Waals surface area (Å²) in [5.74, 6) is 0.00906. The van der Waals surface area contributed by atoms with Gasteiger partial charge in [-0.05, 0) is 18.6 Å². The average Bonchev–Trinajstić information content (AvgIpc) is 2.23. The van der Waals surface area contributed by atoms with E-state index >= 15 is 0 Å². The predicted octanol–water partition coefficient (Wildman–Crippen LogP) is 2.78. The molecular formula is C10H13BrClNO3. The van der Waals surface area contributed by atoms with E-state index < -0.39 is 0 Å². The molecule has 1 rings (SSSR count). The lowest BCUT2D eigenvalue weighted by Gasteiger charge is -2.14. The zero-order valence-corrected chi connectivity index (χ0v) is 11.1. The van der Waals surface area contributed by atoms with Gasteiger partial charge in [0.15, 0.2) is 0 Å². The van der Waals surface area contributed by atoms with Gasteiger partial charge in [0.2, 0.25) is 0 Å². The Balaban J connectivity index is 2.78. The summed E-state index contributed by atoms with van der Waals surface area (Å²) >= 11 is 9.12. The van der Waals surface area contributed by atoms with E-state index in [1.165, 1.54) is 7.11 Å². The van der Waals surface area contributed by atoms with Gasteiger partial charge in [-0.25, -0.2) is 9.78 Å². The first-order valence-electron chi connectivity index (χ1n) is 4.65. The Morgan fingerprint density at radius 3 is 2.88 bits per heavy atom. The summed E-state index contributed by atoms with van der Waals surface area (Å²) in [4.78, 5) is 9.17. The molecule has 1 aromatic rings. The fraction of sp³-hybridized carbons (Fsp3) is 0.400. The van der Waals surface area contributed by atoms with Crippen molar-refractivity contribution in [2.75, 3.05) is 13.7 Å². The quantitative estimate of drug-likeness (QED) is 0.499. The number of benzene rings is 1. The smallest absolute Gasteiger partial charge is 0.139 e. The summed E-state index contributed by atoms with van der Waals surface area (Å²) in [6.45, 7) is 0.348. The Labute approximate surface area is 107 Å². The molecule has 6 heteroatoms. The lowest BCUT2D eigenvalue weighted by Crippen LogP contribution is -2.13. The van der Waals surface area contributed by atoms with Gasteiger partial charge >= 0.3 is 0 Å². The molecule has 0 fully saturated rings. The Bertz CT molecular complexity index is 362. The molecular weight excluding hydrogens is 297 g/mol. The molecule has 0 saturated carbocycles. The van der Waals surface area contributed by atoms with E-state index in [9.17, 15) is 5.11 Å². The van der Waals surface area contributed by atoms with Crippen molar-refractivity contribution in [3.8, 4) is 5.75 Å². The van der Waals surface area contributed by atoms with E-state index in [4.69, 9.17) is 22.2 Å². The van der Waals surface area contributed by atoms with Crippen molar-refractivity contribution in [3.05, 3.63) is 27.2 Å². The highest BCUT2D eigenvalue weighted by atomic mass is 79.9. The molecule has 90 valence electrons. The molecule has 0 aliphatic heterocycles. The van der Waals surface area contributed by atoms with E-state index in [2.05, 4.69) is 20.8 Å². The van der Waals surface area contributed by atoms with Crippen molar-refractivity contribution in [2.45, 2.75) is 12.5 Å². The van der Waals surface area contributed by atoms with E-state index in [1.807, 2.05) is 0 Å². The normalized spacial score (nSPS) is 12.8. The van der Waals surface area contributed by atoms with Crippen LogP contribution in [0.2, 0.25) is 5.02 Å². The molecule has 0 aromatic heterocycles. The number of rotatable bonds is 5. The van der Waals surface area contributed by atoms with Crippen molar-refractivity contribution in [1.29, 1.82) is 0 Å². The molecule has 0 bridgehead atoms.